The molecule has 4 rings (SSSR count). The highest BCUT2D eigenvalue weighted by atomic mass is 79.9. The summed E-state index contributed by atoms with van der Waals surface area (Å²) in [4.78, 5) is 19.7. The Morgan fingerprint density at radius 3 is 2.47 bits per heavy atom. The van der Waals surface area contributed by atoms with Gasteiger partial charge in [-0.1, -0.05) is 57.5 Å². The summed E-state index contributed by atoms with van der Waals surface area (Å²) in [5.41, 5.74) is 4.11. The van der Waals surface area contributed by atoms with Crippen LogP contribution in [0.1, 0.15) is 23.6 Å². The number of hydrogen-bond acceptors (Lipinski definition) is 5. The molecule has 1 amide bonds. The number of aliphatic imine (C=N–C) groups is 1. The van der Waals surface area contributed by atoms with Gasteiger partial charge in [-0.25, -0.2) is 4.99 Å². The Hall–Kier alpha value is -2.77. The maximum atomic E-state index is 13.2. The quantitative estimate of drug-likeness (QED) is 0.326. The first-order valence-electron chi connectivity index (χ1n) is 11.1. The predicted molar refractivity (Wildman–Crippen MR) is 142 cm³/mol. The van der Waals surface area contributed by atoms with E-state index in [9.17, 15) is 4.79 Å². The first kappa shape index (κ1) is 24.4. The highest BCUT2D eigenvalue weighted by Crippen LogP contribution is 2.35. The van der Waals surface area contributed by atoms with E-state index in [4.69, 9.17) is 14.5 Å². The number of carbonyl (C=O) groups is 1. The maximum absolute atomic E-state index is 13.2. The normalized spacial score (nSPS) is 16.8. The lowest BCUT2D eigenvalue weighted by atomic mass is 10.1. The van der Waals surface area contributed by atoms with Gasteiger partial charge in [0.1, 0.15) is 18.1 Å². The molecule has 0 aromatic heterocycles. The van der Waals surface area contributed by atoms with E-state index in [1.165, 1.54) is 17.3 Å². The lowest BCUT2D eigenvalue weighted by Crippen LogP contribution is -2.32. The second-order valence-corrected chi connectivity index (χ2v) is 10.1. The minimum Gasteiger partial charge on any atom is -0.497 e. The van der Waals surface area contributed by atoms with Crippen molar-refractivity contribution >= 4 is 44.5 Å². The van der Waals surface area contributed by atoms with Crippen LogP contribution in [0.5, 0.6) is 11.5 Å². The molecule has 1 saturated heterocycles. The Kier molecular flexibility index (Phi) is 7.95. The summed E-state index contributed by atoms with van der Waals surface area (Å²) in [7, 11) is 1.64. The molecule has 0 saturated carbocycles. The fourth-order valence-electron chi connectivity index (χ4n) is 3.68. The van der Waals surface area contributed by atoms with Gasteiger partial charge in [0.15, 0.2) is 5.17 Å². The minimum atomic E-state index is -0.257. The van der Waals surface area contributed by atoms with Crippen LogP contribution in [0, 0.1) is 6.92 Å². The number of benzene rings is 3. The molecule has 5 nitrogen and oxygen atoms in total. The number of amidine groups is 1. The maximum Gasteiger partial charge on any atom is 0.242 e. The van der Waals surface area contributed by atoms with Gasteiger partial charge in [-0.05, 0) is 73.9 Å². The van der Waals surface area contributed by atoms with Crippen LogP contribution in [-0.4, -0.2) is 34.9 Å². The second kappa shape index (κ2) is 11.1. The molecule has 34 heavy (non-hydrogen) atoms. The molecule has 1 heterocycles. The van der Waals surface area contributed by atoms with Gasteiger partial charge in [0.25, 0.3) is 0 Å². The third kappa shape index (κ3) is 5.83. The van der Waals surface area contributed by atoms with Gasteiger partial charge < -0.3 is 9.47 Å². The average Bonchev–Trinajstić information content (AvgIpc) is 3.13. The SMILES string of the molecule is CCN1C(=O)[C@H](Cc2cc(Br)ccc2OCc2ccc(C)cc2)SC1=Nc1ccc(OC)cc1. The van der Waals surface area contributed by atoms with Crippen molar-refractivity contribution < 1.29 is 14.3 Å². The van der Waals surface area contributed by atoms with Crippen molar-refractivity contribution in [1.82, 2.24) is 4.90 Å². The Morgan fingerprint density at radius 1 is 1.06 bits per heavy atom. The molecule has 1 aliphatic rings. The number of thioether (sulfide) groups is 1. The lowest BCUT2D eigenvalue weighted by molar-refractivity contribution is -0.126. The summed E-state index contributed by atoms with van der Waals surface area (Å²) in [5, 5.41) is 0.466. The minimum absolute atomic E-state index is 0.0734. The van der Waals surface area contributed by atoms with Crippen LogP contribution >= 0.6 is 27.7 Å². The summed E-state index contributed by atoms with van der Waals surface area (Å²) in [6.45, 7) is 5.09. The summed E-state index contributed by atoms with van der Waals surface area (Å²) in [6, 6.07) is 21.8. The van der Waals surface area contributed by atoms with E-state index in [1.807, 2.05) is 49.4 Å². The van der Waals surface area contributed by atoms with Crippen LogP contribution < -0.4 is 9.47 Å². The monoisotopic (exact) mass is 538 g/mol. The molecule has 0 bridgehead atoms. The molecule has 0 spiro atoms. The Balaban J connectivity index is 1.52. The molecule has 0 N–H and O–H groups in total. The first-order valence-corrected chi connectivity index (χ1v) is 12.8. The predicted octanol–water partition coefficient (Wildman–Crippen LogP) is 6.54. The second-order valence-electron chi connectivity index (χ2n) is 8.01. The van der Waals surface area contributed by atoms with Gasteiger partial charge >= 0.3 is 0 Å². The molecule has 1 fully saturated rings. The van der Waals surface area contributed by atoms with Gasteiger partial charge in [0.05, 0.1) is 18.0 Å². The standard InChI is InChI=1S/C27H27BrN2O3S/c1-4-30-26(31)25(34-27(30)29-22-10-12-23(32-3)13-11-22)16-20-15-21(28)9-14-24(20)33-17-19-7-5-18(2)6-8-19/h5-15,25H,4,16-17H2,1-3H3/t25-/m0/s1. The molecule has 0 radical (unpaired) electrons. The van der Waals surface area contributed by atoms with Gasteiger partial charge in [-0.2, -0.15) is 0 Å². The number of halogens is 1. The number of methoxy groups -OCH3 is 1. The Morgan fingerprint density at radius 2 is 1.79 bits per heavy atom. The molecule has 1 atom stereocenters. The van der Waals surface area contributed by atoms with Crippen molar-refractivity contribution in [2.24, 2.45) is 4.99 Å². The van der Waals surface area contributed by atoms with Crippen molar-refractivity contribution in [2.45, 2.75) is 32.1 Å². The van der Waals surface area contributed by atoms with Crippen LogP contribution in [0.25, 0.3) is 0 Å². The summed E-state index contributed by atoms with van der Waals surface area (Å²) in [5.74, 6) is 1.64. The third-order valence-electron chi connectivity index (χ3n) is 5.58. The van der Waals surface area contributed by atoms with Crippen molar-refractivity contribution in [3.8, 4) is 11.5 Å². The van der Waals surface area contributed by atoms with Gasteiger partial charge in [-0.15, -0.1) is 0 Å². The average molecular weight is 539 g/mol. The molecule has 0 aliphatic carbocycles. The Bertz CT molecular complexity index is 1180. The first-order chi connectivity index (χ1) is 16.5. The van der Waals surface area contributed by atoms with Crippen molar-refractivity contribution in [1.29, 1.82) is 0 Å². The fourth-order valence-corrected chi connectivity index (χ4v) is 5.34. The summed E-state index contributed by atoms with van der Waals surface area (Å²) in [6.07, 6.45) is 0.560. The van der Waals surface area contributed by atoms with Crippen molar-refractivity contribution in [2.75, 3.05) is 13.7 Å². The number of hydrogen-bond donors (Lipinski definition) is 0. The van der Waals surface area contributed by atoms with Gasteiger partial charge in [0, 0.05) is 11.0 Å². The largest absolute Gasteiger partial charge is 0.497 e. The van der Waals surface area contributed by atoms with Crippen LogP contribution in [0.3, 0.4) is 0 Å². The molecular weight excluding hydrogens is 512 g/mol. The molecule has 3 aromatic rings. The zero-order valence-electron chi connectivity index (χ0n) is 19.5. The smallest absolute Gasteiger partial charge is 0.242 e. The van der Waals surface area contributed by atoms with Crippen LogP contribution in [-0.2, 0) is 17.8 Å². The number of carbonyl (C=O) groups excluding carboxylic acids is 1. The lowest BCUT2D eigenvalue weighted by Gasteiger charge is -2.15. The zero-order chi connectivity index (χ0) is 24.1. The number of rotatable bonds is 8. The van der Waals surface area contributed by atoms with Gasteiger partial charge in [0.2, 0.25) is 5.91 Å². The van der Waals surface area contributed by atoms with Crippen LogP contribution in [0.15, 0.2) is 76.2 Å². The molecule has 176 valence electrons. The molecule has 0 unspecified atom stereocenters. The van der Waals surface area contributed by atoms with Crippen molar-refractivity contribution in [3.63, 3.8) is 0 Å². The van der Waals surface area contributed by atoms with E-state index >= 15 is 0 Å². The van der Waals surface area contributed by atoms with Crippen LogP contribution in [0.2, 0.25) is 0 Å². The van der Waals surface area contributed by atoms with Gasteiger partial charge in [-0.3, -0.25) is 9.69 Å². The van der Waals surface area contributed by atoms with E-state index in [-0.39, 0.29) is 11.2 Å². The van der Waals surface area contributed by atoms with E-state index in [2.05, 4.69) is 47.1 Å². The highest BCUT2D eigenvalue weighted by Gasteiger charge is 2.37. The highest BCUT2D eigenvalue weighted by molar-refractivity contribution is 9.10. The van der Waals surface area contributed by atoms with E-state index in [0.717, 1.165) is 38.0 Å². The molecule has 1 aliphatic heterocycles. The van der Waals surface area contributed by atoms with E-state index in [1.54, 1.807) is 12.0 Å². The molecule has 7 heteroatoms. The third-order valence-corrected chi connectivity index (χ3v) is 7.24. The number of amides is 1. The number of ether oxygens (including phenoxy) is 2. The summed E-state index contributed by atoms with van der Waals surface area (Å²) < 4.78 is 12.3. The van der Waals surface area contributed by atoms with E-state index in [0.29, 0.717) is 19.6 Å². The number of aryl methyl sites for hydroxylation is 1. The zero-order valence-corrected chi connectivity index (χ0v) is 21.9. The number of nitrogens with zero attached hydrogens (tertiary/aromatic N) is 2. The molecular formula is C27H27BrN2O3S. The van der Waals surface area contributed by atoms with Crippen molar-refractivity contribution in [3.05, 3.63) is 87.9 Å². The topological polar surface area (TPSA) is 51.1 Å². The molecule has 3 aromatic carbocycles. The van der Waals surface area contributed by atoms with E-state index < -0.39 is 0 Å². The fraction of sp³-hybridized carbons (Fsp3) is 0.259. The Labute approximate surface area is 213 Å². The summed E-state index contributed by atoms with van der Waals surface area (Å²) >= 11 is 5.07. The van der Waals surface area contributed by atoms with Crippen LogP contribution in [0.4, 0.5) is 5.69 Å².